The minimum atomic E-state index is -0.290. The summed E-state index contributed by atoms with van der Waals surface area (Å²) in [5.74, 6) is 0. The number of aliphatic hydroxyl groups excluding tert-OH is 1. The molecule has 0 aromatic rings. The summed E-state index contributed by atoms with van der Waals surface area (Å²) in [7, 11) is 3.84. The van der Waals surface area contributed by atoms with Crippen LogP contribution >= 0.6 is 0 Å². The molecule has 0 bridgehead atoms. The van der Waals surface area contributed by atoms with Gasteiger partial charge in [0.15, 0.2) is 0 Å². The monoisotopic (exact) mass is 189 g/mol. The fourth-order valence-corrected chi connectivity index (χ4v) is 1.13. The van der Waals surface area contributed by atoms with Crippen LogP contribution in [0.4, 0.5) is 0 Å². The van der Waals surface area contributed by atoms with E-state index in [9.17, 15) is 5.11 Å². The molecule has 0 saturated heterocycles. The Bertz CT molecular complexity index is 115. The molecule has 2 N–H and O–H groups in total. The number of hydrogen-bond acceptors (Lipinski definition) is 4. The number of rotatable bonds is 7. The Balaban J connectivity index is 3.53. The lowest BCUT2D eigenvalue weighted by Gasteiger charge is -2.23. The molecule has 0 spiro atoms. The van der Waals surface area contributed by atoms with Crippen LogP contribution in [0.15, 0.2) is 0 Å². The van der Waals surface area contributed by atoms with E-state index in [2.05, 4.69) is 24.2 Å². The van der Waals surface area contributed by atoms with Gasteiger partial charge in [-0.15, -0.1) is 0 Å². The van der Waals surface area contributed by atoms with E-state index in [4.69, 9.17) is 0 Å². The molecule has 4 heteroatoms. The second-order valence-corrected chi connectivity index (χ2v) is 3.40. The second-order valence-electron chi connectivity index (χ2n) is 3.40. The van der Waals surface area contributed by atoms with Crippen LogP contribution in [0.1, 0.15) is 13.8 Å². The molecule has 0 aliphatic carbocycles. The minimum Gasteiger partial charge on any atom is -0.390 e. The number of nitrogens with one attached hydrogen (secondary N) is 1. The molecule has 4 nitrogen and oxygen atoms in total. The molecule has 1 atom stereocenters. The minimum absolute atomic E-state index is 0.290. The first-order valence-electron chi connectivity index (χ1n) is 4.91. The summed E-state index contributed by atoms with van der Waals surface area (Å²) in [6.07, 6.45) is -0.290. The van der Waals surface area contributed by atoms with Gasteiger partial charge in [-0.3, -0.25) is 10.4 Å². The first kappa shape index (κ1) is 12.8. The van der Waals surface area contributed by atoms with Crippen molar-refractivity contribution in [1.82, 2.24) is 15.3 Å². The molecule has 0 heterocycles. The molecule has 0 aliphatic heterocycles. The summed E-state index contributed by atoms with van der Waals surface area (Å²) in [4.78, 5) is 2.21. The Morgan fingerprint density at radius 1 is 1.23 bits per heavy atom. The highest BCUT2D eigenvalue weighted by Gasteiger charge is 2.08. The van der Waals surface area contributed by atoms with Crippen LogP contribution < -0.4 is 5.43 Å². The second kappa shape index (κ2) is 7.26. The largest absolute Gasteiger partial charge is 0.390 e. The van der Waals surface area contributed by atoms with Gasteiger partial charge >= 0.3 is 0 Å². The molecule has 80 valence electrons. The Morgan fingerprint density at radius 2 is 1.77 bits per heavy atom. The maximum atomic E-state index is 9.60. The molecular formula is C9H23N3O. The highest BCUT2D eigenvalue weighted by molar-refractivity contribution is 4.63. The summed E-state index contributed by atoms with van der Waals surface area (Å²) in [5, 5.41) is 11.5. The number of hydrazine groups is 1. The Morgan fingerprint density at radius 3 is 2.15 bits per heavy atom. The predicted octanol–water partition coefficient (Wildman–Crippen LogP) is -0.245. The normalized spacial score (nSPS) is 14.1. The topological polar surface area (TPSA) is 38.7 Å². The average Bonchev–Trinajstić information content (AvgIpc) is 2.10. The van der Waals surface area contributed by atoms with Crippen LogP contribution in [-0.2, 0) is 0 Å². The first-order valence-corrected chi connectivity index (χ1v) is 4.91. The van der Waals surface area contributed by atoms with Crippen LogP contribution in [-0.4, -0.2) is 61.4 Å². The van der Waals surface area contributed by atoms with Crippen LogP contribution in [0.3, 0.4) is 0 Å². The smallest absolute Gasteiger partial charge is 0.0805 e. The van der Waals surface area contributed by atoms with E-state index in [1.165, 1.54) is 0 Å². The fraction of sp³-hybridized carbons (Fsp3) is 1.00. The molecule has 13 heavy (non-hydrogen) atoms. The Hall–Kier alpha value is -0.160. The van der Waals surface area contributed by atoms with E-state index in [1.54, 1.807) is 0 Å². The van der Waals surface area contributed by atoms with Gasteiger partial charge in [-0.2, -0.15) is 0 Å². The third-order valence-corrected chi connectivity index (χ3v) is 2.01. The van der Waals surface area contributed by atoms with Gasteiger partial charge in [-0.05, 0) is 13.1 Å². The molecule has 1 unspecified atom stereocenters. The number of nitrogens with zero attached hydrogens (tertiary/aromatic N) is 2. The Kier molecular flexibility index (Phi) is 7.17. The summed E-state index contributed by atoms with van der Waals surface area (Å²) in [6, 6.07) is 0. The summed E-state index contributed by atoms with van der Waals surface area (Å²) < 4.78 is 0. The van der Waals surface area contributed by atoms with E-state index >= 15 is 0 Å². The number of likely N-dealkylation sites (N-methyl/N-ethyl adjacent to an activating group) is 1. The third-order valence-electron chi connectivity index (χ3n) is 2.01. The number of hydrogen-bond donors (Lipinski definition) is 2. The van der Waals surface area contributed by atoms with E-state index in [0.717, 1.165) is 19.6 Å². The Labute approximate surface area is 81.5 Å². The maximum absolute atomic E-state index is 9.60. The van der Waals surface area contributed by atoms with E-state index in [1.807, 2.05) is 19.1 Å². The maximum Gasteiger partial charge on any atom is 0.0805 e. The van der Waals surface area contributed by atoms with Crippen molar-refractivity contribution in [3.05, 3.63) is 0 Å². The zero-order chi connectivity index (χ0) is 10.3. The van der Waals surface area contributed by atoms with Crippen molar-refractivity contribution in [1.29, 1.82) is 0 Å². The van der Waals surface area contributed by atoms with E-state index < -0.39 is 0 Å². The molecule has 0 aromatic heterocycles. The van der Waals surface area contributed by atoms with Crippen molar-refractivity contribution in [3.8, 4) is 0 Å². The summed E-state index contributed by atoms with van der Waals surface area (Å²) in [5.41, 5.74) is 3.06. The zero-order valence-corrected chi connectivity index (χ0v) is 9.25. The van der Waals surface area contributed by atoms with Gasteiger partial charge < -0.3 is 10.0 Å². The van der Waals surface area contributed by atoms with Crippen molar-refractivity contribution in [2.45, 2.75) is 20.0 Å². The molecule has 0 rings (SSSR count). The summed E-state index contributed by atoms with van der Waals surface area (Å²) >= 11 is 0. The standard InChI is InChI=1S/C9H23N3O/c1-5-12(6-2)8-9(13)7-10-11(3)4/h9-10,13H,5-8H2,1-4H3. The highest BCUT2D eigenvalue weighted by atomic mass is 16.3. The molecule has 0 fully saturated rings. The van der Waals surface area contributed by atoms with Crippen molar-refractivity contribution < 1.29 is 5.11 Å². The SMILES string of the molecule is CCN(CC)CC(O)CNN(C)C. The van der Waals surface area contributed by atoms with Crippen LogP contribution in [0.25, 0.3) is 0 Å². The van der Waals surface area contributed by atoms with Gasteiger partial charge in [-0.25, -0.2) is 0 Å². The molecule has 0 aromatic carbocycles. The van der Waals surface area contributed by atoms with Crippen LogP contribution in [0, 0.1) is 0 Å². The average molecular weight is 189 g/mol. The number of aliphatic hydroxyl groups is 1. The first-order chi connectivity index (χ1) is 6.10. The van der Waals surface area contributed by atoms with Crippen LogP contribution in [0.2, 0.25) is 0 Å². The molecule has 0 amide bonds. The van der Waals surface area contributed by atoms with Crippen LogP contribution in [0.5, 0.6) is 0 Å². The van der Waals surface area contributed by atoms with Crippen molar-refractivity contribution in [3.63, 3.8) is 0 Å². The molecule has 0 aliphatic rings. The van der Waals surface area contributed by atoms with Gasteiger partial charge in [0.2, 0.25) is 0 Å². The molecular weight excluding hydrogens is 166 g/mol. The predicted molar refractivity (Wildman–Crippen MR) is 55.5 cm³/mol. The lowest BCUT2D eigenvalue weighted by Crippen LogP contribution is -2.42. The lowest BCUT2D eigenvalue weighted by atomic mass is 10.3. The zero-order valence-electron chi connectivity index (χ0n) is 9.25. The van der Waals surface area contributed by atoms with Gasteiger partial charge in [0, 0.05) is 27.2 Å². The third kappa shape index (κ3) is 6.95. The summed E-state index contributed by atoms with van der Waals surface area (Å²) in [6.45, 7) is 7.56. The van der Waals surface area contributed by atoms with Crippen molar-refractivity contribution in [2.24, 2.45) is 0 Å². The van der Waals surface area contributed by atoms with Gasteiger partial charge in [-0.1, -0.05) is 13.8 Å². The lowest BCUT2D eigenvalue weighted by molar-refractivity contribution is 0.0978. The molecule has 0 radical (unpaired) electrons. The fourth-order valence-electron chi connectivity index (χ4n) is 1.13. The van der Waals surface area contributed by atoms with Gasteiger partial charge in [0.25, 0.3) is 0 Å². The van der Waals surface area contributed by atoms with Crippen molar-refractivity contribution in [2.75, 3.05) is 40.3 Å². The van der Waals surface area contributed by atoms with E-state index in [-0.39, 0.29) is 6.10 Å². The van der Waals surface area contributed by atoms with Gasteiger partial charge in [0.1, 0.15) is 0 Å². The highest BCUT2D eigenvalue weighted by Crippen LogP contribution is 1.90. The van der Waals surface area contributed by atoms with E-state index in [0.29, 0.717) is 6.54 Å². The van der Waals surface area contributed by atoms with Gasteiger partial charge in [0.05, 0.1) is 6.10 Å². The quantitative estimate of drug-likeness (QED) is 0.542. The molecule has 0 saturated carbocycles. The van der Waals surface area contributed by atoms with Crippen molar-refractivity contribution >= 4 is 0 Å².